The molecule has 2 nitrogen and oxygen atoms in total. The molecule has 1 rings (SSSR count). The van der Waals surface area contributed by atoms with Gasteiger partial charge in [0.2, 0.25) is 0 Å². The van der Waals surface area contributed by atoms with Gasteiger partial charge in [0.15, 0.2) is 0 Å². The SMILES string of the molecule is Cc1ccc(C(C)(C)C)cc1NCCC(C)CN. The van der Waals surface area contributed by atoms with E-state index in [9.17, 15) is 0 Å². The fraction of sp³-hybridized carbons (Fsp3) is 0.625. The van der Waals surface area contributed by atoms with Crippen molar-refractivity contribution in [3.8, 4) is 0 Å². The van der Waals surface area contributed by atoms with Gasteiger partial charge in [0, 0.05) is 12.2 Å². The van der Waals surface area contributed by atoms with E-state index >= 15 is 0 Å². The third kappa shape index (κ3) is 4.34. The number of nitrogens with one attached hydrogen (secondary N) is 1. The number of hydrogen-bond donors (Lipinski definition) is 2. The van der Waals surface area contributed by atoms with Crippen LogP contribution in [0.3, 0.4) is 0 Å². The topological polar surface area (TPSA) is 38.0 Å². The van der Waals surface area contributed by atoms with Crippen molar-refractivity contribution in [1.29, 1.82) is 0 Å². The van der Waals surface area contributed by atoms with Crippen molar-refractivity contribution < 1.29 is 0 Å². The molecule has 0 aliphatic carbocycles. The van der Waals surface area contributed by atoms with Gasteiger partial charge in [-0.2, -0.15) is 0 Å². The Morgan fingerprint density at radius 2 is 1.94 bits per heavy atom. The monoisotopic (exact) mass is 248 g/mol. The van der Waals surface area contributed by atoms with Crippen molar-refractivity contribution in [3.05, 3.63) is 29.3 Å². The summed E-state index contributed by atoms with van der Waals surface area (Å²) in [7, 11) is 0. The second kappa shape index (κ2) is 6.24. The summed E-state index contributed by atoms with van der Waals surface area (Å²) in [4.78, 5) is 0. The highest BCUT2D eigenvalue weighted by atomic mass is 14.9. The molecule has 0 amide bonds. The summed E-state index contributed by atoms with van der Waals surface area (Å²) in [6.45, 7) is 12.9. The highest BCUT2D eigenvalue weighted by Crippen LogP contribution is 2.26. The van der Waals surface area contributed by atoms with E-state index in [2.05, 4.69) is 58.1 Å². The van der Waals surface area contributed by atoms with E-state index in [1.54, 1.807) is 0 Å². The third-order valence-corrected chi connectivity index (χ3v) is 3.46. The minimum Gasteiger partial charge on any atom is -0.385 e. The van der Waals surface area contributed by atoms with Gasteiger partial charge < -0.3 is 11.1 Å². The first-order valence-electron chi connectivity index (χ1n) is 6.89. The Morgan fingerprint density at radius 3 is 2.50 bits per heavy atom. The van der Waals surface area contributed by atoms with Crippen LogP contribution in [0.15, 0.2) is 18.2 Å². The summed E-state index contributed by atoms with van der Waals surface area (Å²) in [5.41, 5.74) is 9.78. The summed E-state index contributed by atoms with van der Waals surface area (Å²) in [5, 5.41) is 3.54. The standard InChI is InChI=1S/C16H28N2/c1-12(11-17)8-9-18-15-10-14(16(3,4)5)7-6-13(15)2/h6-7,10,12,18H,8-9,11,17H2,1-5H3. The van der Waals surface area contributed by atoms with E-state index in [-0.39, 0.29) is 5.41 Å². The van der Waals surface area contributed by atoms with Gasteiger partial charge in [-0.05, 0) is 48.4 Å². The summed E-state index contributed by atoms with van der Waals surface area (Å²) in [5.74, 6) is 0.587. The Bertz CT molecular complexity index is 377. The molecule has 102 valence electrons. The largest absolute Gasteiger partial charge is 0.385 e. The van der Waals surface area contributed by atoms with Gasteiger partial charge in [0.05, 0.1) is 0 Å². The Morgan fingerprint density at radius 1 is 1.28 bits per heavy atom. The summed E-state index contributed by atoms with van der Waals surface area (Å²) in [6.07, 6.45) is 1.12. The zero-order chi connectivity index (χ0) is 13.8. The van der Waals surface area contributed by atoms with Gasteiger partial charge >= 0.3 is 0 Å². The average Bonchev–Trinajstić information content (AvgIpc) is 2.29. The molecule has 1 aromatic rings. The molecule has 0 aliphatic rings. The van der Waals surface area contributed by atoms with Crippen molar-refractivity contribution >= 4 is 5.69 Å². The second-order valence-corrected chi connectivity index (χ2v) is 6.34. The molecule has 0 spiro atoms. The fourth-order valence-corrected chi connectivity index (χ4v) is 1.85. The van der Waals surface area contributed by atoms with Crippen molar-refractivity contribution in [3.63, 3.8) is 0 Å². The maximum Gasteiger partial charge on any atom is 0.0372 e. The van der Waals surface area contributed by atoms with Crippen LogP contribution in [-0.4, -0.2) is 13.1 Å². The number of rotatable bonds is 5. The van der Waals surface area contributed by atoms with E-state index < -0.39 is 0 Å². The maximum atomic E-state index is 5.63. The van der Waals surface area contributed by atoms with Gasteiger partial charge in [-0.3, -0.25) is 0 Å². The van der Waals surface area contributed by atoms with Crippen LogP contribution in [0.25, 0.3) is 0 Å². The normalized spacial score (nSPS) is 13.4. The molecular formula is C16H28N2. The lowest BCUT2D eigenvalue weighted by Crippen LogP contribution is -2.16. The van der Waals surface area contributed by atoms with E-state index in [0.717, 1.165) is 19.5 Å². The molecule has 1 atom stereocenters. The van der Waals surface area contributed by atoms with Crippen LogP contribution in [-0.2, 0) is 5.41 Å². The number of hydrogen-bond acceptors (Lipinski definition) is 2. The predicted octanol–water partition coefficient (Wildman–Crippen LogP) is 3.69. The van der Waals surface area contributed by atoms with Crippen LogP contribution in [0.1, 0.15) is 45.2 Å². The molecule has 0 heterocycles. The molecule has 0 aliphatic heterocycles. The molecule has 0 saturated carbocycles. The minimum absolute atomic E-state index is 0.203. The molecule has 0 bridgehead atoms. The lowest BCUT2D eigenvalue weighted by molar-refractivity contribution is 0.561. The van der Waals surface area contributed by atoms with Crippen molar-refractivity contribution in [2.24, 2.45) is 11.7 Å². The van der Waals surface area contributed by atoms with Gasteiger partial charge in [0.25, 0.3) is 0 Å². The van der Waals surface area contributed by atoms with E-state index in [4.69, 9.17) is 5.73 Å². The van der Waals surface area contributed by atoms with Crippen LogP contribution in [0.5, 0.6) is 0 Å². The summed E-state index contributed by atoms with van der Waals surface area (Å²) in [6, 6.07) is 6.71. The Kier molecular flexibility index (Phi) is 5.21. The number of aryl methyl sites for hydroxylation is 1. The summed E-state index contributed by atoms with van der Waals surface area (Å²) >= 11 is 0. The van der Waals surface area contributed by atoms with Crippen LogP contribution in [0.2, 0.25) is 0 Å². The highest BCUT2D eigenvalue weighted by Gasteiger charge is 2.14. The molecule has 18 heavy (non-hydrogen) atoms. The maximum absolute atomic E-state index is 5.63. The minimum atomic E-state index is 0.203. The Labute approximate surface area is 112 Å². The first-order valence-corrected chi connectivity index (χ1v) is 6.89. The van der Waals surface area contributed by atoms with Gasteiger partial charge in [-0.15, -0.1) is 0 Å². The molecule has 1 unspecified atom stereocenters. The lowest BCUT2D eigenvalue weighted by atomic mass is 9.86. The predicted molar refractivity (Wildman–Crippen MR) is 81.2 cm³/mol. The van der Waals surface area contributed by atoms with E-state index in [1.165, 1.54) is 16.8 Å². The lowest BCUT2D eigenvalue weighted by Gasteiger charge is -2.21. The number of anilines is 1. The molecule has 3 N–H and O–H groups in total. The van der Waals surface area contributed by atoms with Crippen LogP contribution >= 0.6 is 0 Å². The number of benzene rings is 1. The molecule has 0 radical (unpaired) electrons. The van der Waals surface area contributed by atoms with Crippen LogP contribution < -0.4 is 11.1 Å². The summed E-state index contributed by atoms with van der Waals surface area (Å²) < 4.78 is 0. The second-order valence-electron chi connectivity index (χ2n) is 6.34. The Balaban J connectivity index is 2.70. The molecule has 1 aromatic carbocycles. The molecule has 0 aromatic heterocycles. The van der Waals surface area contributed by atoms with Crippen molar-refractivity contribution in [2.45, 2.75) is 46.5 Å². The third-order valence-electron chi connectivity index (χ3n) is 3.46. The van der Waals surface area contributed by atoms with Crippen molar-refractivity contribution in [1.82, 2.24) is 0 Å². The zero-order valence-corrected chi connectivity index (χ0v) is 12.5. The molecular weight excluding hydrogens is 220 g/mol. The first-order chi connectivity index (χ1) is 8.34. The molecule has 0 fully saturated rings. The molecule has 0 saturated heterocycles. The Hall–Kier alpha value is -1.02. The zero-order valence-electron chi connectivity index (χ0n) is 12.5. The first kappa shape index (κ1) is 15.0. The van der Waals surface area contributed by atoms with Crippen LogP contribution in [0.4, 0.5) is 5.69 Å². The average molecular weight is 248 g/mol. The van der Waals surface area contributed by atoms with Gasteiger partial charge in [-0.25, -0.2) is 0 Å². The van der Waals surface area contributed by atoms with Gasteiger partial charge in [0.1, 0.15) is 0 Å². The quantitative estimate of drug-likeness (QED) is 0.834. The van der Waals surface area contributed by atoms with E-state index in [1.807, 2.05) is 0 Å². The highest BCUT2D eigenvalue weighted by molar-refractivity contribution is 5.53. The number of nitrogens with two attached hydrogens (primary N) is 1. The fourth-order valence-electron chi connectivity index (χ4n) is 1.85. The van der Waals surface area contributed by atoms with Crippen molar-refractivity contribution in [2.75, 3.05) is 18.4 Å². The van der Waals surface area contributed by atoms with E-state index in [0.29, 0.717) is 5.92 Å². The van der Waals surface area contributed by atoms with Gasteiger partial charge in [-0.1, -0.05) is 39.8 Å². The van der Waals surface area contributed by atoms with Crippen LogP contribution in [0, 0.1) is 12.8 Å². The molecule has 2 heteroatoms. The smallest absolute Gasteiger partial charge is 0.0372 e.